The molecule has 2 nitrogen and oxygen atoms in total. The van der Waals surface area contributed by atoms with Crippen molar-refractivity contribution >= 4 is 5.97 Å². The zero-order valence-corrected chi connectivity index (χ0v) is 21.6. The minimum Gasteiger partial charge on any atom is -0.423 e. The first-order valence-corrected chi connectivity index (χ1v) is 14.2. The normalized spacial score (nSPS) is 22.4. The average molecular weight is 477 g/mol. The first-order valence-electron chi connectivity index (χ1n) is 14.2. The molecule has 0 aromatic heterocycles. The molecule has 0 heterocycles. The first kappa shape index (κ1) is 27.1. The smallest absolute Gasteiger partial charge is 0.314 e. The molecule has 0 radical (unpaired) electrons. The number of benzene rings is 1. The quantitative estimate of drug-likeness (QED) is 0.161. The van der Waals surface area contributed by atoms with Crippen LogP contribution < -0.4 is 4.74 Å². The number of halogens is 2. The van der Waals surface area contributed by atoms with Crippen LogP contribution in [0.1, 0.15) is 128 Å². The molecule has 4 heteroatoms. The number of carbonyl (C=O) groups excluding carboxylic acids is 1. The fourth-order valence-electron chi connectivity index (χ4n) is 6.03. The summed E-state index contributed by atoms with van der Waals surface area (Å²) in [5.74, 6) is -1.36. The second kappa shape index (κ2) is 14.2. The predicted molar refractivity (Wildman–Crippen MR) is 135 cm³/mol. The molecule has 1 atom stereocenters. The van der Waals surface area contributed by atoms with Crippen molar-refractivity contribution in [3.8, 4) is 5.75 Å². The van der Waals surface area contributed by atoms with Gasteiger partial charge in [0.2, 0.25) is 5.82 Å². The van der Waals surface area contributed by atoms with Crippen LogP contribution in [-0.2, 0) is 17.6 Å². The van der Waals surface area contributed by atoms with E-state index in [9.17, 15) is 13.6 Å². The van der Waals surface area contributed by atoms with E-state index in [1.807, 2.05) is 0 Å². The van der Waals surface area contributed by atoms with Crippen LogP contribution in [0.15, 0.2) is 6.07 Å². The fourth-order valence-corrected chi connectivity index (χ4v) is 6.03. The van der Waals surface area contributed by atoms with Gasteiger partial charge in [-0.05, 0) is 68.4 Å². The molecule has 1 saturated carbocycles. The van der Waals surface area contributed by atoms with Crippen molar-refractivity contribution in [2.75, 3.05) is 0 Å². The molecule has 0 amide bonds. The summed E-state index contributed by atoms with van der Waals surface area (Å²) < 4.78 is 34.8. The Morgan fingerprint density at radius 1 is 0.853 bits per heavy atom. The maximum absolute atomic E-state index is 14.7. The van der Waals surface area contributed by atoms with E-state index in [4.69, 9.17) is 4.74 Å². The van der Waals surface area contributed by atoms with Gasteiger partial charge in [0.15, 0.2) is 11.6 Å². The van der Waals surface area contributed by atoms with Gasteiger partial charge in [0.05, 0.1) is 5.92 Å². The molecule has 0 saturated heterocycles. The predicted octanol–water partition coefficient (Wildman–Crippen LogP) is 9.11. The Labute approximate surface area is 206 Å². The van der Waals surface area contributed by atoms with Crippen molar-refractivity contribution in [2.45, 2.75) is 129 Å². The van der Waals surface area contributed by atoms with Gasteiger partial charge in [0.25, 0.3) is 0 Å². The third-order valence-corrected chi connectivity index (χ3v) is 8.25. The van der Waals surface area contributed by atoms with Crippen LogP contribution in [0.25, 0.3) is 0 Å². The summed E-state index contributed by atoms with van der Waals surface area (Å²) >= 11 is 0. The fraction of sp³-hybridized carbons (Fsp3) is 0.767. The van der Waals surface area contributed by atoms with Crippen LogP contribution in [-0.4, -0.2) is 5.97 Å². The Morgan fingerprint density at radius 3 is 2.21 bits per heavy atom. The second-order valence-corrected chi connectivity index (χ2v) is 10.9. The number of unbranched alkanes of at least 4 members (excludes halogenated alkanes) is 7. The molecule has 3 rings (SSSR count). The molecular formula is C30H46F2O2. The second-order valence-electron chi connectivity index (χ2n) is 10.9. The molecule has 1 aromatic carbocycles. The molecule has 0 aliphatic heterocycles. The topological polar surface area (TPSA) is 26.3 Å². The van der Waals surface area contributed by atoms with Crippen LogP contribution >= 0.6 is 0 Å². The number of hydrogen-bond acceptors (Lipinski definition) is 2. The molecule has 1 fully saturated rings. The lowest BCUT2D eigenvalue weighted by Gasteiger charge is -2.29. The van der Waals surface area contributed by atoms with Crippen molar-refractivity contribution in [1.29, 1.82) is 0 Å². The van der Waals surface area contributed by atoms with E-state index in [-0.39, 0.29) is 17.6 Å². The van der Waals surface area contributed by atoms with Gasteiger partial charge in [-0.25, -0.2) is 4.39 Å². The first-order chi connectivity index (χ1) is 16.5. The summed E-state index contributed by atoms with van der Waals surface area (Å²) in [6.45, 7) is 4.44. The minimum atomic E-state index is -0.991. The van der Waals surface area contributed by atoms with Gasteiger partial charge in [-0.2, -0.15) is 4.39 Å². The lowest BCUT2D eigenvalue weighted by molar-refractivity contribution is -0.140. The van der Waals surface area contributed by atoms with E-state index in [1.165, 1.54) is 70.3 Å². The maximum Gasteiger partial charge on any atom is 0.314 e. The van der Waals surface area contributed by atoms with E-state index >= 15 is 0 Å². The molecule has 2 aliphatic carbocycles. The summed E-state index contributed by atoms with van der Waals surface area (Å²) in [4.78, 5) is 12.9. The van der Waals surface area contributed by atoms with Crippen molar-refractivity contribution in [3.63, 3.8) is 0 Å². The zero-order chi connectivity index (χ0) is 24.3. The van der Waals surface area contributed by atoms with Crippen LogP contribution in [0, 0.1) is 29.4 Å². The summed E-state index contributed by atoms with van der Waals surface area (Å²) in [6.07, 6.45) is 19.8. The zero-order valence-electron chi connectivity index (χ0n) is 21.6. The molecule has 0 spiro atoms. The van der Waals surface area contributed by atoms with Crippen molar-refractivity contribution < 1.29 is 18.3 Å². The highest BCUT2D eigenvalue weighted by atomic mass is 19.2. The highest BCUT2D eigenvalue weighted by Gasteiger charge is 2.31. The largest absolute Gasteiger partial charge is 0.423 e. The third kappa shape index (κ3) is 7.78. The monoisotopic (exact) mass is 476 g/mol. The molecule has 0 N–H and O–H groups in total. The van der Waals surface area contributed by atoms with E-state index in [0.717, 1.165) is 56.1 Å². The van der Waals surface area contributed by atoms with E-state index in [2.05, 4.69) is 13.8 Å². The highest BCUT2D eigenvalue weighted by molar-refractivity contribution is 5.76. The Kier molecular flexibility index (Phi) is 11.3. The Hall–Kier alpha value is -1.45. The number of carbonyl (C=O) groups is 1. The summed E-state index contributed by atoms with van der Waals surface area (Å²) in [5, 5.41) is 0. The molecule has 0 bridgehead atoms. The van der Waals surface area contributed by atoms with Crippen molar-refractivity contribution in [2.24, 2.45) is 17.8 Å². The molecule has 192 valence electrons. The molecule has 2 aliphatic rings. The lowest BCUT2D eigenvalue weighted by Crippen LogP contribution is -2.27. The van der Waals surface area contributed by atoms with E-state index in [0.29, 0.717) is 18.3 Å². The van der Waals surface area contributed by atoms with Gasteiger partial charge in [0.1, 0.15) is 0 Å². The Balaban J connectivity index is 1.54. The van der Waals surface area contributed by atoms with Crippen LogP contribution in [0.3, 0.4) is 0 Å². The number of esters is 1. The average Bonchev–Trinajstić information content (AvgIpc) is 2.84. The number of ether oxygens (including phenoxy) is 1. The number of hydrogen-bond donors (Lipinski definition) is 0. The van der Waals surface area contributed by atoms with Crippen molar-refractivity contribution in [1.82, 2.24) is 0 Å². The summed E-state index contributed by atoms with van der Waals surface area (Å²) in [5.41, 5.74) is 1.56. The summed E-state index contributed by atoms with van der Waals surface area (Å²) in [6, 6.07) is 1.34. The van der Waals surface area contributed by atoms with Crippen LogP contribution in [0.5, 0.6) is 5.75 Å². The van der Waals surface area contributed by atoms with Gasteiger partial charge in [-0.1, -0.05) is 84.5 Å². The number of fused-ring (bicyclic) bond motifs is 1. The highest BCUT2D eigenvalue weighted by Crippen LogP contribution is 2.39. The Bertz CT molecular complexity index is 768. The van der Waals surface area contributed by atoms with Gasteiger partial charge >= 0.3 is 5.97 Å². The minimum absolute atomic E-state index is 0.122. The molecule has 1 unspecified atom stereocenters. The van der Waals surface area contributed by atoms with Crippen LogP contribution in [0.2, 0.25) is 0 Å². The van der Waals surface area contributed by atoms with Gasteiger partial charge in [0, 0.05) is 5.56 Å². The van der Waals surface area contributed by atoms with Gasteiger partial charge in [-0.3, -0.25) is 4.79 Å². The van der Waals surface area contributed by atoms with E-state index < -0.39 is 11.6 Å². The van der Waals surface area contributed by atoms with Gasteiger partial charge in [-0.15, -0.1) is 0 Å². The number of rotatable bonds is 13. The van der Waals surface area contributed by atoms with Crippen molar-refractivity contribution in [3.05, 3.63) is 28.8 Å². The summed E-state index contributed by atoms with van der Waals surface area (Å²) in [7, 11) is 0. The lowest BCUT2D eigenvalue weighted by atomic mass is 9.79. The Morgan fingerprint density at radius 2 is 1.47 bits per heavy atom. The molecular weight excluding hydrogens is 430 g/mol. The SMILES string of the molecule is CCCCCCCCC1CCc2c(cc(F)c(F)c2OC(=O)C2CCC(CCCCC)CC2)C1. The van der Waals surface area contributed by atoms with Gasteiger partial charge < -0.3 is 4.74 Å². The van der Waals surface area contributed by atoms with Crippen LogP contribution in [0.4, 0.5) is 8.78 Å². The third-order valence-electron chi connectivity index (χ3n) is 8.25. The maximum atomic E-state index is 14.7. The molecule has 1 aromatic rings. The standard InChI is InChI=1S/C30H46F2O2/c1-3-5-7-8-9-11-13-23-16-19-26-25(20-23)21-27(31)28(32)29(26)34-30(33)24-17-14-22(15-18-24)12-10-6-4-2/h21-24H,3-20H2,1-2H3. The molecule has 34 heavy (non-hydrogen) atoms. The van der Waals surface area contributed by atoms with E-state index in [1.54, 1.807) is 0 Å².